The van der Waals surface area contributed by atoms with Crippen molar-refractivity contribution in [2.24, 2.45) is 0 Å². The molecule has 0 aliphatic heterocycles. The van der Waals surface area contributed by atoms with Crippen molar-refractivity contribution in [1.82, 2.24) is 0 Å². The highest BCUT2D eigenvalue weighted by atomic mass is 79.9. The van der Waals surface area contributed by atoms with Crippen molar-refractivity contribution in [2.45, 2.75) is 19.0 Å². The lowest BCUT2D eigenvalue weighted by molar-refractivity contribution is -0.137. The molecule has 1 aromatic carbocycles. The molecule has 0 bridgehead atoms. The summed E-state index contributed by atoms with van der Waals surface area (Å²) in [5.41, 5.74) is -0.0950. The molecule has 0 atom stereocenters. The van der Waals surface area contributed by atoms with Crippen LogP contribution in [-0.4, -0.2) is 5.33 Å². The van der Waals surface area contributed by atoms with Crippen molar-refractivity contribution >= 4 is 27.5 Å². The molecule has 0 aromatic heterocycles. The summed E-state index contributed by atoms with van der Waals surface area (Å²) >= 11 is 8.72. The summed E-state index contributed by atoms with van der Waals surface area (Å²) in [5.74, 6) is 0. The third-order valence-electron chi connectivity index (χ3n) is 1.94. The first kappa shape index (κ1) is 12.8. The minimum Gasteiger partial charge on any atom is -0.166 e. The van der Waals surface area contributed by atoms with E-state index in [0.29, 0.717) is 12.0 Å². The molecule has 0 unspecified atom stereocenters. The van der Waals surface area contributed by atoms with Crippen molar-refractivity contribution in [3.8, 4) is 0 Å². The third-order valence-corrected chi connectivity index (χ3v) is 2.83. The molecule has 0 spiro atoms. The fourth-order valence-electron chi connectivity index (χ4n) is 1.22. The van der Waals surface area contributed by atoms with E-state index in [4.69, 9.17) is 11.6 Å². The minimum atomic E-state index is -4.37. The van der Waals surface area contributed by atoms with E-state index in [-0.39, 0.29) is 5.02 Å². The highest BCUT2D eigenvalue weighted by Crippen LogP contribution is 2.35. The van der Waals surface area contributed by atoms with Crippen LogP contribution in [-0.2, 0) is 12.6 Å². The lowest BCUT2D eigenvalue weighted by Crippen LogP contribution is -2.06. The Morgan fingerprint density at radius 3 is 2.47 bits per heavy atom. The first-order chi connectivity index (χ1) is 6.95. The Morgan fingerprint density at radius 2 is 1.93 bits per heavy atom. The van der Waals surface area contributed by atoms with Gasteiger partial charge in [0.25, 0.3) is 0 Å². The Balaban J connectivity index is 2.95. The molecule has 84 valence electrons. The molecule has 0 aliphatic carbocycles. The molecule has 0 heterocycles. The molecular formula is C10H9BrClF3. The topological polar surface area (TPSA) is 0 Å². The van der Waals surface area contributed by atoms with E-state index in [1.807, 2.05) is 0 Å². The van der Waals surface area contributed by atoms with Crippen LogP contribution >= 0.6 is 27.5 Å². The Morgan fingerprint density at radius 1 is 1.27 bits per heavy atom. The van der Waals surface area contributed by atoms with E-state index in [0.717, 1.165) is 17.8 Å². The molecule has 0 fully saturated rings. The van der Waals surface area contributed by atoms with Crippen molar-refractivity contribution in [1.29, 1.82) is 0 Å². The van der Waals surface area contributed by atoms with E-state index in [9.17, 15) is 13.2 Å². The van der Waals surface area contributed by atoms with E-state index in [1.54, 1.807) is 6.07 Å². The van der Waals surface area contributed by atoms with Crippen molar-refractivity contribution in [2.75, 3.05) is 5.33 Å². The summed E-state index contributed by atoms with van der Waals surface area (Å²) in [7, 11) is 0. The summed E-state index contributed by atoms with van der Waals surface area (Å²) in [4.78, 5) is 0. The number of hydrogen-bond donors (Lipinski definition) is 0. The molecule has 0 aliphatic rings. The monoisotopic (exact) mass is 300 g/mol. The molecule has 5 heteroatoms. The van der Waals surface area contributed by atoms with Gasteiger partial charge in [-0.3, -0.25) is 0 Å². The van der Waals surface area contributed by atoms with Gasteiger partial charge >= 0.3 is 6.18 Å². The summed E-state index contributed by atoms with van der Waals surface area (Å²) in [5, 5.41) is 0.529. The third kappa shape index (κ3) is 3.68. The molecule has 0 amide bonds. The van der Waals surface area contributed by atoms with Gasteiger partial charge in [-0.05, 0) is 30.5 Å². The molecule has 0 saturated carbocycles. The van der Waals surface area contributed by atoms with Crippen LogP contribution in [0.4, 0.5) is 13.2 Å². The predicted octanol–water partition coefficient (Wildman–Crippen LogP) is 4.69. The second-order valence-corrected chi connectivity index (χ2v) is 4.30. The number of rotatable bonds is 3. The fraction of sp³-hybridized carbons (Fsp3) is 0.400. The second kappa shape index (κ2) is 5.21. The van der Waals surface area contributed by atoms with Gasteiger partial charge in [-0.2, -0.15) is 13.2 Å². The lowest BCUT2D eigenvalue weighted by Gasteiger charge is -2.10. The molecular weight excluding hydrogens is 292 g/mol. The van der Waals surface area contributed by atoms with Gasteiger partial charge in [0, 0.05) is 5.33 Å². The van der Waals surface area contributed by atoms with Crippen LogP contribution in [0.15, 0.2) is 18.2 Å². The van der Waals surface area contributed by atoms with Crippen molar-refractivity contribution in [3.05, 3.63) is 34.3 Å². The van der Waals surface area contributed by atoms with Crippen molar-refractivity contribution in [3.63, 3.8) is 0 Å². The van der Waals surface area contributed by atoms with E-state index < -0.39 is 11.7 Å². The average Bonchev–Trinajstić information content (AvgIpc) is 2.15. The maximum absolute atomic E-state index is 12.5. The van der Waals surface area contributed by atoms with E-state index in [1.165, 1.54) is 6.07 Å². The number of benzene rings is 1. The summed E-state index contributed by atoms with van der Waals surface area (Å²) in [6.45, 7) is 0. The van der Waals surface area contributed by atoms with Crippen LogP contribution in [0.1, 0.15) is 17.5 Å². The zero-order valence-corrected chi connectivity index (χ0v) is 10.1. The first-order valence-electron chi connectivity index (χ1n) is 4.36. The summed E-state index contributed by atoms with van der Waals surface area (Å²) in [6.07, 6.45) is -2.95. The maximum Gasteiger partial charge on any atom is 0.417 e. The van der Waals surface area contributed by atoms with Gasteiger partial charge in [-0.25, -0.2) is 0 Å². The van der Waals surface area contributed by atoms with Crippen LogP contribution in [0.25, 0.3) is 0 Å². The molecule has 15 heavy (non-hydrogen) atoms. The quantitative estimate of drug-likeness (QED) is 0.711. The zero-order chi connectivity index (χ0) is 11.5. The van der Waals surface area contributed by atoms with Gasteiger partial charge in [-0.15, -0.1) is 0 Å². The minimum absolute atomic E-state index is 0.245. The first-order valence-corrected chi connectivity index (χ1v) is 5.86. The molecule has 0 N–H and O–H groups in total. The summed E-state index contributed by atoms with van der Waals surface area (Å²) in [6, 6.07) is 4.04. The van der Waals surface area contributed by atoms with E-state index >= 15 is 0 Å². The smallest absolute Gasteiger partial charge is 0.166 e. The van der Waals surface area contributed by atoms with Crippen LogP contribution in [0.2, 0.25) is 5.02 Å². The second-order valence-electron chi connectivity index (χ2n) is 3.10. The van der Waals surface area contributed by atoms with Gasteiger partial charge in [0.15, 0.2) is 0 Å². The lowest BCUT2D eigenvalue weighted by atomic mass is 10.1. The SMILES string of the molecule is FC(F)(F)c1cc(CCCBr)ccc1Cl. The Bertz CT molecular complexity index is 336. The average molecular weight is 302 g/mol. The van der Waals surface area contributed by atoms with Gasteiger partial charge in [0.2, 0.25) is 0 Å². The number of hydrogen-bond acceptors (Lipinski definition) is 0. The summed E-state index contributed by atoms with van der Waals surface area (Å²) < 4.78 is 37.4. The van der Waals surface area contributed by atoms with Gasteiger partial charge < -0.3 is 0 Å². The van der Waals surface area contributed by atoms with Gasteiger partial charge in [0.05, 0.1) is 10.6 Å². The zero-order valence-electron chi connectivity index (χ0n) is 7.74. The molecule has 0 nitrogen and oxygen atoms in total. The Kier molecular flexibility index (Phi) is 4.46. The highest BCUT2D eigenvalue weighted by molar-refractivity contribution is 9.09. The number of aryl methyl sites for hydroxylation is 1. The maximum atomic E-state index is 12.5. The molecule has 0 radical (unpaired) electrons. The van der Waals surface area contributed by atoms with E-state index in [2.05, 4.69) is 15.9 Å². The molecule has 0 saturated heterocycles. The number of halogens is 5. The standard InChI is InChI=1S/C10H9BrClF3/c11-5-1-2-7-3-4-9(12)8(6-7)10(13,14)15/h3-4,6H,1-2,5H2. The van der Waals surface area contributed by atoms with Crippen LogP contribution in [0, 0.1) is 0 Å². The van der Waals surface area contributed by atoms with Crippen LogP contribution < -0.4 is 0 Å². The normalized spacial score (nSPS) is 11.8. The number of alkyl halides is 4. The van der Waals surface area contributed by atoms with Crippen molar-refractivity contribution < 1.29 is 13.2 Å². The largest absolute Gasteiger partial charge is 0.417 e. The van der Waals surface area contributed by atoms with Crippen LogP contribution in [0.5, 0.6) is 0 Å². The van der Waals surface area contributed by atoms with Gasteiger partial charge in [-0.1, -0.05) is 33.6 Å². The predicted molar refractivity (Wildman–Crippen MR) is 58.6 cm³/mol. The molecule has 1 aromatic rings. The van der Waals surface area contributed by atoms with Crippen LogP contribution in [0.3, 0.4) is 0 Å². The highest BCUT2D eigenvalue weighted by Gasteiger charge is 2.33. The molecule has 1 rings (SSSR count). The van der Waals surface area contributed by atoms with Gasteiger partial charge in [0.1, 0.15) is 0 Å². The Hall–Kier alpha value is -0.220. The Labute approximate surface area is 99.6 Å². The fourth-order valence-corrected chi connectivity index (χ4v) is 1.72.